The third kappa shape index (κ3) is 3.79. The van der Waals surface area contributed by atoms with Gasteiger partial charge in [-0.15, -0.1) is 0 Å². The molecule has 2 N–H and O–H groups in total. The van der Waals surface area contributed by atoms with E-state index in [9.17, 15) is 14.0 Å². The van der Waals surface area contributed by atoms with Gasteiger partial charge in [0.15, 0.2) is 0 Å². The lowest BCUT2D eigenvalue weighted by Gasteiger charge is -2.21. The average Bonchev–Trinajstić information content (AvgIpc) is 3.19. The van der Waals surface area contributed by atoms with E-state index in [0.717, 1.165) is 12.8 Å². The highest BCUT2D eigenvalue weighted by Gasteiger charge is 2.30. The van der Waals surface area contributed by atoms with E-state index < -0.39 is 11.9 Å². The van der Waals surface area contributed by atoms with E-state index >= 15 is 0 Å². The maximum Gasteiger partial charge on any atom is 0.251 e. The van der Waals surface area contributed by atoms with Crippen molar-refractivity contribution in [3.63, 3.8) is 0 Å². The third-order valence-electron chi connectivity index (χ3n) is 3.27. The zero-order chi connectivity index (χ0) is 14.7. The Morgan fingerprint density at radius 3 is 2.30 bits per heavy atom. The first-order chi connectivity index (χ1) is 9.47. The minimum atomic E-state index is -0.576. The van der Waals surface area contributed by atoms with Gasteiger partial charge in [-0.2, -0.15) is 0 Å². The van der Waals surface area contributed by atoms with Crippen LogP contribution in [0.25, 0.3) is 0 Å². The van der Waals surface area contributed by atoms with Crippen molar-refractivity contribution in [3.05, 3.63) is 35.6 Å². The lowest BCUT2D eigenvalue weighted by molar-refractivity contribution is -0.124. The molecule has 1 aliphatic rings. The van der Waals surface area contributed by atoms with Crippen molar-refractivity contribution in [1.29, 1.82) is 0 Å². The molecule has 0 heterocycles. The molecule has 0 bridgehead atoms. The van der Waals surface area contributed by atoms with Crippen LogP contribution in [0.5, 0.6) is 0 Å². The van der Waals surface area contributed by atoms with Crippen molar-refractivity contribution in [1.82, 2.24) is 10.6 Å². The van der Waals surface area contributed by atoms with Gasteiger partial charge in [-0.1, -0.05) is 13.8 Å². The monoisotopic (exact) mass is 278 g/mol. The topological polar surface area (TPSA) is 58.2 Å². The van der Waals surface area contributed by atoms with Crippen LogP contribution in [0.1, 0.15) is 37.0 Å². The van der Waals surface area contributed by atoms with E-state index in [0.29, 0.717) is 5.56 Å². The van der Waals surface area contributed by atoms with Crippen LogP contribution in [0.4, 0.5) is 4.39 Å². The molecule has 5 heteroatoms. The Hall–Kier alpha value is -1.91. The molecular weight excluding hydrogens is 259 g/mol. The minimum Gasteiger partial charge on any atom is -0.352 e. The fourth-order valence-electron chi connectivity index (χ4n) is 1.88. The van der Waals surface area contributed by atoms with Crippen LogP contribution in [-0.4, -0.2) is 23.9 Å². The molecule has 1 aromatic carbocycles. The number of carbonyl (C=O) groups is 2. The lowest BCUT2D eigenvalue weighted by Crippen LogP contribution is -2.50. The van der Waals surface area contributed by atoms with E-state index in [1.54, 1.807) is 0 Å². The van der Waals surface area contributed by atoms with E-state index in [4.69, 9.17) is 0 Å². The molecule has 2 amide bonds. The molecule has 0 aromatic heterocycles. The van der Waals surface area contributed by atoms with Crippen LogP contribution in [0, 0.1) is 11.7 Å². The van der Waals surface area contributed by atoms with Crippen LogP contribution in [0.2, 0.25) is 0 Å². The van der Waals surface area contributed by atoms with Crippen LogP contribution in [0.3, 0.4) is 0 Å². The molecule has 0 saturated heterocycles. The Bertz CT molecular complexity index is 495. The van der Waals surface area contributed by atoms with Crippen molar-refractivity contribution in [2.24, 2.45) is 5.92 Å². The summed E-state index contributed by atoms with van der Waals surface area (Å²) in [5, 5.41) is 5.60. The second kappa shape index (κ2) is 6.03. The van der Waals surface area contributed by atoms with E-state index in [-0.39, 0.29) is 23.8 Å². The first kappa shape index (κ1) is 14.5. The summed E-state index contributed by atoms with van der Waals surface area (Å²) in [5.41, 5.74) is 0.344. The number of carbonyl (C=O) groups excluding carboxylic acids is 2. The average molecular weight is 278 g/mol. The molecule has 20 heavy (non-hydrogen) atoms. The number of benzene rings is 1. The van der Waals surface area contributed by atoms with Gasteiger partial charge >= 0.3 is 0 Å². The molecule has 1 saturated carbocycles. The van der Waals surface area contributed by atoms with E-state index in [2.05, 4.69) is 10.6 Å². The van der Waals surface area contributed by atoms with Gasteiger partial charge in [-0.3, -0.25) is 9.59 Å². The van der Waals surface area contributed by atoms with Crippen molar-refractivity contribution in [3.8, 4) is 0 Å². The fraction of sp³-hybridized carbons (Fsp3) is 0.467. The highest BCUT2D eigenvalue weighted by molar-refractivity contribution is 5.97. The Labute approximate surface area is 117 Å². The quantitative estimate of drug-likeness (QED) is 0.863. The zero-order valence-electron chi connectivity index (χ0n) is 11.7. The Balaban J connectivity index is 2.01. The van der Waals surface area contributed by atoms with Crippen LogP contribution >= 0.6 is 0 Å². The molecule has 108 valence electrons. The SMILES string of the molecule is CC(C)C(NC(=O)c1ccc(F)cc1)C(=O)NC1CC1. The maximum atomic E-state index is 12.8. The molecular formula is C15H19FN2O2. The summed E-state index contributed by atoms with van der Waals surface area (Å²) in [4.78, 5) is 24.1. The van der Waals surface area contributed by atoms with Crippen LogP contribution in [-0.2, 0) is 4.79 Å². The van der Waals surface area contributed by atoms with E-state index in [1.165, 1.54) is 24.3 Å². The predicted octanol–water partition coefficient (Wildman–Crippen LogP) is 1.86. The molecule has 4 nitrogen and oxygen atoms in total. The Morgan fingerprint density at radius 1 is 1.20 bits per heavy atom. The first-order valence-corrected chi connectivity index (χ1v) is 6.84. The number of nitrogens with one attached hydrogen (secondary N) is 2. The van der Waals surface area contributed by atoms with Gasteiger partial charge in [0.2, 0.25) is 5.91 Å². The standard InChI is InChI=1S/C15H19FN2O2/c1-9(2)13(15(20)17-12-7-8-12)18-14(19)10-3-5-11(16)6-4-10/h3-6,9,12-13H,7-8H2,1-2H3,(H,17,20)(H,18,19). The molecule has 1 aliphatic carbocycles. The number of hydrogen-bond acceptors (Lipinski definition) is 2. The van der Waals surface area contributed by atoms with Crippen LogP contribution < -0.4 is 10.6 Å². The van der Waals surface area contributed by atoms with Crippen molar-refractivity contribution >= 4 is 11.8 Å². The van der Waals surface area contributed by atoms with Crippen molar-refractivity contribution in [2.45, 2.75) is 38.8 Å². The highest BCUT2D eigenvalue weighted by atomic mass is 19.1. The summed E-state index contributed by atoms with van der Waals surface area (Å²) in [5.74, 6) is -0.931. The van der Waals surface area contributed by atoms with Crippen LogP contribution in [0.15, 0.2) is 24.3 Å². The molecule has 1 atom stereocenters. The lowest BCUT2D eigenvalue weighted by atomic mass is 10.0. The number of halogens is 1. The van der Waals surface area contributed by atoms with Crippen molar-refractivity contribution in [2.75, 3.05) is 0 Å². The number of rotatable bonds is 5. The van der Waals surface area contributed by atoms with Crippen molar-refractivity contribution < 1.29 is 14.0 Å². The largest absolute Gasteiger partial charge is 0.352 e. The summed E-state index contributed by atoms with van der Waals surface area (Å²) in [7, 11) is 0. The second-order valence-electron chi connectivity index (χ2n) is 5.48. The smallest absolute Gasteiger partial charge is 0.251 e. The van der Waals surface area contributed by atoms with Gasteiger partial charge in [0, 0.05) is 11.6 Å². The molecule has 0 radical (unpaired) electrons. The normalized spacial score (nSPS) is 15.8. The molecule has 0 spiro atoms. The summed E-state index contributed by atoms with van der Waals surface area (Å²) in [6.07, 6.45) is 2.00. The molecule has 1 unspecified atom stereocenters. The first-order valence-electron chi connectivity index (χ1n) is 6.84. The Kier molecular flexibility index (Phi) is 4.37. The highest BCUT2D eigenvalue weighted by Crippen LogP contribution is 2.19. The molecule has 1 aromatic rings. The van der Waals surface area contributed by atoms with Gasteiger partial charge in [-0.25, -0.2) is 4.39 Å². The van der Waals surface area contributed by atoms with Gasteiger partial charge in [0.05, 0.1) is 0 Å². The molecule has 0 aliphatic heterocycles. The molecule has 2 rings (SSSR count). The third-order valence-corrected chi connectivity index (χ3v) is 3.27. The van der Waals surface area contributed by atoms with Gasteiger partial charge in [-0.05, 0) is 43.0 Å². The Morgan fingerprint density at radius 2 is 1.80 bits per heavy atom. The summed E-state index contributed by atoms with van der Waals surface area (Å²) < 4.78 is 12.8. The van der Waals surface area contributed by atoms with Gasteiger partial charge in [0.25, 0.3) is 5.91 Å². The summed E-state index contributed by atoms with van der Waals surface area (Å²) in [6.45, 7) is 3.75. The second-order valence-corrected chi connectivity index (χ2v) is 5.48. The van der Waals surface area contributed by atoms with Gasteiger partial charge in [0.1, 0.15) is 11.9 Å². The van der Waals surface area contributed by atoms with E-state index in [1.807, 2.05) is 13.8 Å². The predicted molar refractivity (Wildman–Crippen MR) is 73.7 cm³/mol. The fourth-order valence-corrected chi connectivity index (χ4v) is 1.88. The molecule has 1 fully saturated rings. The maximum absolute atomic E-state index is 12.8. The summed E-state index contributed by atoms with van der Waals surface area (Å²) >= 11 is 0. The number of hydrogen-bond donors (Lipinski definition) is 2. The summed E-state index contributed by atoms with van der Waals surface area (Å²) in [6, 6.07) is 4.94. The zero-order valence-corrected chi connectivity index (χ0v) is 11.7. The number of amides is 2. The minimum absolute atomic E-state index is 0.0156. The van der Waals surface area contributed by atoms with Gasteiger partial charge < -0.3 is 10.6 Å².